The number of amides is 2. The lowest BCUT2D eigenvalue weighted by Gasteiger charge is -2.07. The first kappa shape index (κ1) is 22.0. The minimum Gasteiger partial charge on any atom is -0.370 e. The van der Waals surface area contributed by atoms with Crippen molar-refractivity contribution in [2.24, 2.45) is 32.9 Å². The van der Waals surface area contributed by atoms with Gasteiger partial charge in [0.1, 0.15) is 0 Å². The Morgan fingerprint density at radius 3 is 1.52 bits per heavy atom. The van der Waals surface area contributed by atoms with Gasteiger partial charge >= 0.3 is 0 Å². The van der Waals surface area contributed by atoms with Crippen LogP contribution in [0.1, 0.15) is 20.7 Å². The zero-order valence-electron chi connectivity index (χ0n) is 12.8. The van der Waals surface area contributed by atoms with Crippen LogP contribution in [0.15, 0.2) is 52.7 Å². The SMILES string of the molecule is Cl.Cl.NC(N)=NC(=O)c1cc(C(=O)N=C(N)N)cc(-n2cccc2)c1. The van der Waals surface area contributed by atoms with E-state index in [9.17, 15) is 9.59 Å². The molecule has 25 heavy (non-hydrogen) atoms. The highest BCUT2D eigenvalue weighted by Gasteiger charge is 2.13. The Labute approximate surface area is 155 Å². The van der Waals surface area contributed by atoms with Crippen molar-refractivity contribution in [3.8, 4) is 5.69 Å². The molecule has 0 atom stereocenters. The number of aliphatic imine (C=N–C) groups is 2. The Kier molecular flexibility index (Phi) is 8.17. The zero-order valence-corrected chi connectivity index (χ0v) is 14.5. The van der Waals surface area contributed by atoms with E-state index < -0.39 is 11.8 Å². The molecule has 1 heterocycles. The van der Waals surface area contributed by atoms with E-state index in [0.717, 1.165) is 0 Å². The number of benzene rings is 1. The Bertz CT molecular complexity index is 760. The van der Waals surface area contributed by atoms with Crippen LogP contribution in [0.5, 0.6) is 0 Å². The van der Waals surface area contributed by atoms with E-state index in [-0.39, 0.29) is 47.9 Å². The number of rotatable bonds is 3. The Morgan fingerprint density at radius 1 is 0.760 bits per heavy atom. The van der Waals surface area contributed by atoms with Crippen molar-refractivity contribution in [1.29, 1.82) is 0 Å². The van der Waals surface area contributed by atoms with Crippen molar-refractivity contribution in [1.82, 2.24) is 4.57 Å². The summed E-state index contributed by atoms with van der Waals surface area (Å²) in [6.45, 7) is 0. The Hall–Kier alpha value is -3.04. The second-order valence-corrected chi connectivity index (χ2v) is 4.54. The van der Waals surface area contributed by atoms with E-state index in [4.69, 9.17) is 22.9 Å². The maximum absolute atomic E-state index is 12.0. The molecule has 0 saturated carbocycles. The number of guanidine groups is 2. The van der Waals surface area contributed by atoms with Crippen LogP contribution >= 0.6 is 24.8 Å². The minimum absolute atomic E-state index is 0. The third-order valence-corrected chi connectivity index (χ3v) is 2.78. The van der Waals surface area contributed by atoms with E-state index in [1.807, 2.05) is 0 Å². The fourth-order valence-electron chi connectivity index (χ4n) is 1.88. The predicted octanol–water partition coefficient (Wildman–Crippen LogP) is 0.148. The quantitative estimate of drug-likeness (QED) is 0.432. The summed E-state index contributed by atoms with van der Waals surface area (Å²) >= 11 is 0. The van der Waals surface area contributed by atoms with Crippen LogP contribution in [0.3, 0.4) is 0 Å². The average Bonchev–Trinajstić information content (AvgIpc) is 2.99. The molecule has 1 aromatic carbocycles. The van der Waals surface area contributed by atoms with Crippen LogP contribution in [-0.2, 0) is 0 Å². The number of halogens is 2. The van der Waals surface area contributed by atoms with Crippen LogP contribution in [0, 0.1) is 0 Å². The summed E-state index contributed by atoms with van der Waals surface area (Å²) in [5.74, 6) is -2.12. The van der Waals surface area contributed by atoms with Gasteiger partial charge in [0, 0.05) is 29.2 Å². The van der Waals surface area contributed by atoms with E-state index in [0.29, 0.717) is 5.69 Å². The van der Waals surface area contributed by atoms with Crippen LogP contribution in [0.2, 0.25) is 0 Å². The number of nitrogens with zero attached hydrogens (tertiary/aromatic N) is 3. The lowest BCUT2D eigenvalue weighted by atomic mass is 10.1. The van der Waals surface area contributed by atoms with Crippen molar-refractivity contribution in [3.63, 3.8) is 0 Å². The van der Waals surface area contributed by atoms with Crippen molar-refractivity contribution in [2.45, 2.75) is 0 Å². The number of hydrogen-bond donors (Lipinski definition) is 4. The van der Waals surface area contributed by atoms with Gasteiger partial charge in [0.15, 0.2) is 11.9 Å². The predicted molar refractivity (Wildman–Crippen MR) is 101 cm³/mol. The van der Waals surface area contributed by atoms with Gasteiger partial charge in [-0.1, -0.05) is 0 Å². The van der Waals surface area contributed by atoms with Crippen molar-refractivity contribution < 1.29 is 9.59 Å². The summed E-state index contributed by atoms with van der Waals surface area (Å²) in [6.07, 6.45) is 3.50. The van der Waals surface area contributed by atoms with E-state index in [1.54, 1.807) is 41.2 Å². The monoisotopic (exact) mass is 385 g/mol. The second kappa shape index (κ2) is 9.30. The fraction of sp³-hybridized carbons (Fsp3) is 0. The van der Waals surface area contributed by atoms with Gasteiger partial charge in [0.05, 0.1) is 0 Å². The molecule has 0 fully saturated rings. The number of hydrogen-bond acceptors (Lipinski definition) is 2. The van der Waals surface area contributed by atoms with Crippen molar-refractivity contribution in [2.75, 3.05) is 0 Å². The van der Waals surface area contributed by atoms with Gasteiger partial charge in [-0.2, -0.15) is 9.98 Å². The molecule has 0 aliphatic heterocycles. The van der Waals surface area contributed by atoms with Crippen LogP contribution in [0.25, 0.3) is 5.69 Å². The molecule has 9 nitrogen and oxygen atoms in total. The maximum atomic E-state index is 12.0. The first-order chi connectivity index (χ1) is 10.9. The molecule has 2 aromatic rings. The largest absolute Gasteiger partial charge is 0.370 e. The van der Waals surface area contributed by atoms with Gasteiger partial charge in [-0.05, 0) is 30.3 Å². The highest BCUT2D eigenvalue weighted by Crippen LogP contribution is 2.17. The molecule has 0 aliphatic rings. The second-order valence-electron chi connectivity index (χ2n) is 4.54. The molecule has 2 amide bonds. The van der Waals surface area contributed by atoms with Gasteiger partial charge in [-0.3, -0.25) is 9.59 Å². The van der Waals surface area contributed by atoms with Gasteiger partial charge in [-0.15, -0.1) is 24.8 Å². The summed E-state index contributed by atoms with van der Waals surface area (Å²) in [5.41, 5.74) is 21.6. The third kappa shape index (κ3) is 5.83. The molecule has 0 radical (unpaired) electrons. The topological polar surface area (TPSA) is 168 Å². The fourth-order valence-corrected chi connectivity index (χ4v) is 1.88. The van der Waals surface area contributed by atoms with Crippen molar-refractivity contribution >= 4 is 48.5 Å². The van der Waals surface area contributed by atoms with Gasteiger partial charge in [0.25, 0.3) is 11.8 Å². The molecule has 0 unspecified atom stereocenters. The van der Waals surface area contributed by atoms with Gasteiger partial charge in [-0.25, -0.2) is 0 Å². The Morgan fingerprint density at radius 2 is 1.16 bits per heavy atom. The van der Waals surface area contributed by atoms with E-state index in [2.05, 4.69) is 9.98 Å². The highest BCUT2D eigenvalue weighted by atomic mass is 35.5. The minimum atomic E-state index is -0.683. The van der Waals surface area contributed by atoms with Crippen LogP contribution in [0.4, 0.5) is 0 Å². The number of carbonyl (C=O) groups excluding carboxylic acids is 2. The van der Waals surface area contributed by atoms with E-state index in [1.165, 1.54) is 6.07 Å². The molecule has 11 heteroatoms. The molecule has 0 bridgehead atoms. The number of nitrogens with two attached hydrogens (primary N) is 4. The molecule has 2 rings (SSSR count). The molecular formula is C14H17Cl2N7O2. The molecule has 134 valence electrons. The summed E-state index contributed by atoms with van der Waals surface area (Å²) in [7, 11) is 0. The number of carbonyl (C=O) groups is 2. The summed E-state index contributed by atoms with van der Waals surface area (Å²) < 4.78 is 1.71. The average molecular weight is 386 g/mol. The van der Waals surface area contributed by atoms with E-state index >= 15 is 0 Å². The molecule has 8 N–H and O–H groups in total. The smallest absolute Gasteiger partial charge is 0.280 e. The number of aromatic nitrogens is 1. The normalized spacial score (nSPS) is 9.12. The lowest BCUT2D eigenvalue weighted by Crippen LogP contribution is -2.24. The zero-order chi connectivity index (χ0) is 17.0. The third-order valence-electron chi connectivity index (χ3n) is 2.78. The van der Waals surface area contributed by atoms with Gasteiger partial charge in [0.2, 0.25) is 0 Å². The van der Waals surface area contributed by atoms with Crippen molar-refractivity contribution in [3.05, 3.63) is 53.9 Å². The van der Waals surface area contributed by atoms with Gasteiger partial charge < -0.3 is 27.5 Å². The molecule has 0 spiro atoms. The summed E-state index contributed by atoms with van der Waals surface area (Å²) in [5, 5.41) is 0. The van der Waals surface area contributed by atoms with Crippen LogP contribution in [-0.4, -0.2) is 28.3 Å². The summed E-state index contributed by atoms with van der Waals surface area (Å²) in [4.78, 5) is 31.0. The highest BCUT2D eigenvalue weighted by molar-refractivity contribution is 6.06. The Balaban J connectivity index is 0.00000288. The lowest BCUT2D eigenvalue weighted by molar-refractivity contribution is 0.100. The molecular weight excluding hydrogens is 369 g/mol. The first-order valence-electron chi connectivity index (χ1n) is 6.43. The molecule has 0 aliphatic carbocycles. The molecule has 1 aromatic heterocycles. The maximum Gasteiger partial charge on any atom is 0.280 e. The molecule has 0 saturated heterocycles. The summed E-state index contributed by atoms with van der Waals surface area (Å²) in [6, 6.07) is 7.99. The first-order valence-corrected chi connectivity index (χ1v) is 6.43. The standard InChI is InChI=1S/C14H15N7O2.2ClH/c15-13(16)19-11(22)8-5-9(12(23)20-14(17)18)7-10(6-8)21-3-1-2-4-21;;/h1-7H,(H4,15,16,19,22)(H4,17,18,20,23);2*1H. The van der Waals surface area contributed by atoms with Crippen LogP contribution < -0.4 is 22.9 Å².